The number of furan rings is 3. The van der Waals surface area contributed by atoms with Crippen LogP contribution in [0.25, 0.3) is 165 Å². The maximum absolute atomic E-state index is 6.74. The fourth-order valence-electron chi connectivity index (χ4n) is 13.9. The Balaban J connectivity index is 0.731. The molecule has 5 aromatic heterocycles. The molecule has 0 fully saturated rings. The van der Waals surface area contributed by atoms with E-state index >= 15 is 0 Å². The molecular weight excluding hydrogens is 977 g/mol. The van der Waals surface area contributed by atoms with E-state index in [1.165, 1.54) is 49.5 Å². The molecule has 17 aromatic rings. The maximum atomic E-state index is 6.74. The molecule has 0 bridgehead atoms. The normalized spacial score (nSPS) is 13.2. The molecule has 374 valence electrons. The van der Waals surface area contributed by atoms with Gasteiger partial charge in [0, 0.05) is 70.7 Å². The highest BCUT2D eigenvalue weighted by Crippen LogP contribution is 2.50. The van der Waals surface area contributed by atoms with Gasteiger partial charge in [-0.3, -0.25) is 0 Å². The monoisotopic (exact) mass is 1020 g/mol. The van der Waals surface area contributed by atoms with E-state index in [1.54, 1.807) is 0 Å². The molecule has 0 radical (unpaired) electrons. The van der Waals surface area contributed by atoms with Crippen molar-refractivity contribution in [1.82, 2.24) is 9.13 Å². The van der Waals surface area contributed by atoms with Crippen LogP contribution in [-0.2, 0) is 5.41 Å². The van der Waals surface area contributed by atoms with Gasteiger partial charge in [0.2, 0.25) is 0 Å². The SMILES string of the molecule is CC1(C)c2ccccc2-c2cc(-c3ccc(-n4c5cc6c(cc5c5c(-c7ccc8c(c7)oc7ccc(-c9ccc(-n%10c%11ccccc%11c%11cc%12oc%13ccccc%13c%12cc%11%10)cc9)cc78)cccc54)oc4ccccc46)cc3)ccc21. The Morgan fingerprint density at radius 1 is 0.263 bits per heavy atom. The Kier molecular flexibility index (Phi) is 8.67. The van der Waals surface area contributed by atoms with Crippen molar-refractivity contribution in [2.24, 2.45) is 0 Å². The maximum Gasteiger partial charge on any atom is 0.136 e. The lowest BCUT2D eigenvalue weighted by atomic mass is 9.82. The molecule has 0 saturated heterocycles. The third-order valence-corrected chi connectivity index (χ3v) is 17.7. The van der Waals surface area contributed by atoms with Crippen molar-refractivity contribution >= 4 is 109 Å². The molecular formula is C75H46N2O3. The minimum absolute atomic E-state index is 0.0305. The lowest BCUT2D eigenvalue weighted by Gasteiger charge is -2.21. The van der Waals surface area contributed by atoms with Crippen molar-refractivity contribution < 1.29 is 13.3 Å². The number of benzene rings is 12. The second-order valence-electron chi connectivity index (χ2n) is 22.4. The van der Waals surface area contributed by atoms with Gasteiger partial charge in [-0.25, -0.2) is 0 Å². The standard InChI is InChI=1S/C75H46N2O3/c1-75(2)62-17-7-3-12-51(62)56-36-45(27-34-63(56)75)43-24-31-49(32-25-43)77-65-19-11-16-50(74(65)61-42-73-60(40-67(61)77)54-15-6-10-21-69(54)79-73)47-26-33-55-58-37-46(28-35-70(58)80-71(55)38-47)44-22-29-48(30-23-44)76-64-18-8-4-13-52(64)57-41-72-59(39-66(57)76)53-14-5-9-20-68(53)78-72/h3-42H,1-2H3. The molecule has 5 heteroatoms. The van der Waals surface area contributed by atoms with Crippen LogP contribution in [0, 0.1) is 0 Å². The van der Waals surface area contributed by atoms with Crippen LogP contribution in [0.2, 0.25) is 0 Å². The van der Waals surface area contributed by atoms with E-state index in [0.29, 0.717) is 0 Å². The lowest BCUT2D eigenvalue weighted by molar-refractivity contribution is 0.660. The summed E-state index contributed by atoms with van der Waals surface area (Å²) in [5, 5.41) is 11.3. The van der Waals surface area contributed by atoms with Crippen molar-refractivity contribution in [2.75, 3.05) is 0 Å². The fourth-order valence-corrected chi connectivity index (χ4v) is 13.9. The Morgan fingerprint density at radius 3 is 1.48 bits per heavy atom. The van der Waals surface area contributed by atoms with Crippen molar-refractivity contribution in [1.29, 1.82) is 0 Å². The lowest BCUT2D eigenvalue weighted by Crippen LogP contribution is -2.14. The van der Waals surface area contributed by atoms with E-state index in [-0.39, 0.29) is 5.41 Å². The van der Waals surface area contributed by atoms with E-state index in [4.69, 9.17) is 13.3 Å². The van der Waals surface area contributed by atoms with Crippen LogP contribution in [0.15, 0.2) is 256 Å². The van der Waals surface area contributed by atoms with Crippen LogP contribution in [-0.4, -0.2) is 9.13 Å². The van der Waals surface area contributed by atoms with Crippen LogP contribution in [0.5, 0.6) is 0 Å². The van der Waals surface area contributed by atoms with Crippen LogP contribution in [0.4, 0.5) is 0 Å². The Morgan fingerprint density at radius 2 is 0.750 bits per heavy atom. The van der Waals surface area contributed by atoms with Gasteiger partial charge in [0.15, 0.2) is 0 Å². The largest absolute Gasteiger partial charge is 0.456 e. The van der Waals surface area contributed by atoms with Crippen molar-refractivity contribution in [3.8, 4) is 55.9 Å². The van der Waals surface area contributed by atoms with Gasteiger partial charge in [0.25, 0.3) is 0 Å². The molecule has 0 amide bonds. The quantitative estimate of drug-likeness (QED) is 0.173. The van der Waals surface area contributed by atoms with Gasteiger partial charge in [-0.15, -0.1) is 0 Å². The molecule has 0 saturated carbocycles. The Hall–Kier alpha value is -10.4. The first kappa shape index (κ1) is 43.7. The molecule has 80 heavy (non-hydrogen) atoms. The van der Waals surface area contributed by atoms with Gasteiger partial charge in [0.05, 0.1) is 22.1 Å². The van der Waals surface area contributed by atoms with Gasteiger partial charge in [-0.1, -0.05) is 153 Å². The molecule has 0 spiro atoms. The highest BCUT2D eigenvalue weighted by atomic mass is 16.3. The minimum Gasteiger partial charge on any atom is -0.456 e. The molecule has 0 aliphatic heterocycles. The zero-order valence-electron chi connectivity index (χ0n) is 43.7. The summed E-state index contributed by atoms with van der Waals surface area (Å²) in [6.45, 7) is 4.68. The molecule has 0 unspecified atom stereocenters. The predicted molar refractivity (Wildman–Crippen MR) is 331 cm³/mol. The summed E-state index contributed by atoms with van der Waals surface area (Å²) in [7, 11) is 0. The van der Waals surface area contributed by atoms with E-state index in [9.17, 15) is 0 Å². The molecule has 1 aliphatic rings. The number of nitrogens with zero attached hydrogens (tertiary/aromatic N) is 2. The second-order valence-corrected chi connectivity index (χ2v) is 22.4. The van der Waals surface area contributed by atoms with Crippen LogP contribution in [0.1, 0.15) is 25.0 Å². The summed E-state index contributed by atoms with van der Waals surface area (Å²) in [6, 6.07) is 88.3. The summed E-state index contributed by atoms with van der Waals surface area (Å²) >= 11 is 0. The minimum atomic E-state index is -0.0305. The molecule has 18 rings (SSSR count). The molecule has 0 N–H and O–H groups in total. The first-order valence-corrected chi connectivity index (χ1v) is 27.5. The number of fused-ring (bicyclic) bond motifs is 18. The van der Waals surface area contributed by atoms with Crippen molar-refractivity contribution in [3.63, 3.8) is 0 Å². The molecule has 12 aromatic carbocycles. The number of aromatic nitrogens is 2. The summed E-state index contributed by atoms with van der Waals surface area (Å²) in [5.74, 6) is 0. The van der Waals surface area contributed by atoms with Gasteiger partial charge in [0.1, 0.15) is 33.5 Å². The van der Waals surface area contributed by atoms with Crippen LogP contribution >= 0.6 is 0 Å². The smallest absolute Gasteiger partial charge is 0.136 e. The number of hydrogen-bond donors (Lipinski definition) is 0. The van der Waals surface area contributed by atoms with Gasteiger partial charge in [-0.05, 0) is 159 Å². The molecule has 5 nitrogen and oxygen atoms in total. The topological polar surface area (TPSA) is 49.3 Å². The van der Waals surface area contributed by atoms with Crippen molar-refractivity contribution in [3.05, 3.63) is 254 Å². The fraction of sp³-hybridized carbons (Fsp3) is 0.0400. The highest BCUT2D eigenvalue weighted by Gasteiger charge is 2.35. The number of rotatable bonds is 5. The van der Waals surface area contributed by atoms with Crippen LogP contribution in [0.3, 0.4) is 0 Å². The summed E-state index contributed by atoms with van der Waals surface area (Å²) in [4.78, 5) is 0. The van der Waals surface area contributed by atoms with Gasteiger partial charge < -0.3 is 22.4 Å². The average Bonchev–Trinajstić information content (AvgIpc) is 4.45. The average molecular weight is 1020 g/mol. The Bertz CT molecular complexity index is 5500. The van der Waals surface area contributed by atoms with Crippen molar-refractivity contribution in [2.45, 2.75) is 19.3 Å². The van der Waals surface area contributed by atoms with Gasteiger partial charge in [-0.2, -0.15) is 0 Å². The van der Waals surface area contributed by atoms with Crippen LogP contribution < -0.4 is 0 Å². The summed E-state index contributed by atoms with van der Waals surface area (Å²) in [5.41, 5.74) is 24.4. The molecule has 0 atom stereocenters. The Labute approximate surface area is 458 Å². The first-order chi connectivity index (χ1) is 39.4. The highest BCUT2D eigenvalue weighted by molar-refractivity contribution is 6.22. The van der Waals surface area contributed by atoms with Gasteiger partial charge >= 0.3 is 0 Å². The second kappa shape index (κ2) is 15.9. The molecule has 5 heterocycles. The molecule has 1 aliphatic carbocycles. The summed E-state index contributed by atoms with van der Waals surface area (Å²) in [6.07, 6.45) is 0. The van der Waals surface area contributed by atoms with E-state index in [0.717, 1.165) is 127 Å². The van der Waals surface area contributed by atoms with E-state index < -0.39 is 0 Å². The predicted octanol–water partition coefficient (Wildman–Crippen LogP) is 20.9. The summed E-state index contributed by atoms with van der Waals surface area (Å²) < 4.78 is 24.5. The first-order valence-electron chi connectivity index (χ1n) is 27.5. The van der Waals surface area contributed by atoms with E-state index in [1.807, 2.05) is 18.2 Å². The third kappa shape index (κ3) is 6.06. The van der Waals surface area contributed by atoms with E-state index in [2.05, 4.69) is 247 Å². The zero-order valence-corrected chi connectivity index (χ0v) is 43.7. The number of para-hydroxylation sites is 3. The number of hydrogen-bond acceptors (Lipinski definition) is 3. The zero-order chi connectivity index (χ0) is 52.5. The third-order valence-electron chi connectivity index (χ3n) is 17.7.